The molecule has 0 N–H and O–H groups in total. The molecule has 1 saturated heterocycles. The Hall–Kier alpha value is -3.51. The monoisotopic (exact) mass is 475 g/mol. The van der Waals surface area contributed by atoms with Gasteiger partial charge in [0.25, 0.3) is 0 Å². The molecule has 0 aliphatic carbocycles. The van der Waals surface area contributed by atoms with E-state index in [1.807, 2.05) is 71.6 Å². The molecule has 0 bridgehead atoms. The second kappa shape index (κ2) is 9.77. The van der Waals surface area contributed by atoms with Gasteiger partial charge >= 0.3 is 0 Å². The molecule has 1 amide bonds. The van der Waals surface area contributed by atoms with Gasteiger partial charge in [0.1, 0.15) is 23.9 Å². The number of nitrogens with zero attached hydrogens (tertiary/aromatic N) is 3. The van der Waals surface area contributed by atoms with Crippen molar-refractivity contribution in [2.45, 2.75) is 25.4 Å². The van der Waals surface area contributed by atoms with Gasteiger partial charge in [0.2, 0.25) is 5.91 Å². The molecular formula is C27H26ClN3O3. The van der Waals surface area contributed by atoms with Crippen molar-refractivity contribution in [3.63, 3.8) is 0 Å². The smallest absolute Gasteiger partial charge is 0.223 e. The Morgan fingerprint density at radius 2 is 1.74 bits per heavy atom. The Kier molecular flexibility index (Phi) is 6.41. The van der Waals surface area contributed by atoms with E-state index in [-0.39, 0.29) is 11.8 Å². The van der Waals surface area contributed by atoms with E-state index in [1.165, 1.54) is 0 Å². The molecule has 4 aromatic rings. The molecular weight excluding hydrogens is 450 g/mol. The first kappa shape index (κ1) is 22.3. The summed E-state index contributed by atoms with van der Waals surface area (Å²) in [5.41, 5.74) is 3.07. The maximum Gasteiger partial charge on any atom is 0.223 e. The van der Waals surface area contributed by atoms with Gasteiger partial charge in [-0.05, 0) is 54.1 Å². The molecule has 0 radical (unpaired) electrons. The summed E-state index contributed by atoms with van der Waals surface area (Å²) in [6.07, 6.45) is 0.456. The van der Waals surface area contributed by atoms with Crippen LogP contribution in [0.15, 0.2) is 72.8 Å². The van der Waals surface area contributed by atoms with Gasteiger partial charge in [-0.15, -0.1) is 0 Å². The SMILES string of the molecule is COc1ccc(CN2CC(c3nc4ccccc4n3CCOc3ccc(Cl)cc3)CC2=O)cc1. The quantitative estimate of drug-likeness (QED) is 0.347. The Bertz CT molecular complexity index is 1280. The van der Waals surface area contributed by atoms with Gasteiger partial charge in [-0.2, -0.15) is 0 Å². The number of fused-ring (bicyclic) bond motifs is 1. The second-order valence-electron chi connectivity index (χ2n) is 8.44. The van der Waals surface area contributed by atoms with Crippen LogP contribution in [-0.4, -0.2) is 40.6 Å². The zero-order valence-corrected chi connectivity index (χ0v) is 19.7. The third kappa shape index (κ3) is 4.73. The van der Waals surface area contributed by atoms with E-state index in [4.69, 9.17) is 26.1 Å². The lowest BCUT2D eigenvalue weighted by atomic mass is 10.1. The normalized spacial score (nSPS) is 15.8. The molecule has 1 aliphatic rings. The average molecular weight is 476 g/mol. The molecule has 6 nitrogen and oxygen atoms in total. The van der Waals surface area contributed by atoms with Crippen LogP contribution in [-0.2, 0) is 17.9 Å². The number of ether oxygens (including phenoxy) is 2. The minimum absolute atomic E-state index is 0.0358. The van der Waals surface area contributed by atoms with Gasteiger partial charge < -0.3 is 18.9 Å². The Labute approximate surface area is 203 Å². The zero-order chi connectivity index (χ0) is 23.5. The molecule has 1 unspecified atom stereocenters. The standard InChI is InChI=1S/C27H26ClN3O3/c1-33-22-10-6-19(7-11-22)17-30-18-20(16-26(30)32)27-29-24-4-2-3-5-25(24)31(27)14-15-34-23-12-8-21(28)9-13-23/h2-13,20H,14-18H2,1H3. The van der Waals surface area contributed by atoms with Crippen molar-refractivity contribution in [3.8, 4) is 11.5 Å². The highest BCUT2D eigenvalue weighted by atomic mass is 35.5. The van der Waals surface area contributed by atoms with E-state index >= 15 is 0 Å². The van der Waals surface area contributed by atoms with Crippen molar-refractivity contribution in [1.29, 1.82) is 0 Å². The molecule has 1 fully saturated rings. The van der Waals surface area contributed by atoms with Crippen LogP contribution in [0.3, 0.4) is 0 Å². The van der Waals surface area contributed by atoms with Crippen LogP contribution < -0.4 is 9.47 Å². The predicted octanol–water partition coefficient (Wildman–Crippen LogP) is 5.29. The van der Waals surface area contributed by atoms with E-state index in [9.17, 15) is 4.79 Å². The number of carbonyl (C=O) groups is 1. The first-order valence-corrected chi connectivity index (χ1v) is 11.7. The van der Waals surface area contributed by atoms with Crippen LogP contribution >= 0.6 is 11.6 Å². The third-order valence-corrected chi connectivity index (χ3v) is 6.45. The van der Waals surface area contributed by atoms with Gasteiger partial charge in [-0.1, -0.05) is 35.9 Å². The van der Waals surface area contributed by atoms with Gasteiger partial charge in [-0.25, -0.2) is 4.98 Å². The summed E-state index contributed by atoms with van der Waals surface area (Å²) in [6, 6.07) is 23.3. The van der Waals surface area contributed by atoms with Gasteiger partial charge in [-0.3, -0.25) is 4.79 Å². The fourth-order valence-corrected chi connectivity index (χ4v) is 4.60. The van der Waals surface area contributed by atoms with Gasteiger partial charge in [0.15, 0.2) is 0 Å². The zero-order valence-electron chi connectivity index (χ0n) is 19.0. The lowest BCUT2D eigenvalue weighted by molar-refractivity contribution is -0.128. The summed E-state index contributed by atoms with van der Waals surface area (Å²) in [5, 5.41) is 0.681. The molecule has 1 atom stereocenters. The number of para-hydroxylation sites is 2. The highest BCUT2D eigenvalue weighted by Gasteiger charge is 2.34. The highest BCUT2D eigenvalue weighted by Crippen LogP contribution is 2.31. The van der Waals surface area contributed by atoms with Crippen LogP contribution in [0, 0.1) is 0 Å². The summed E-state index contributed by atoms with van der Waals surface area (Å²) >= 11 is 5.97. The van der Waals surface area contributed by atoms with Crippen LogP contribution in [0.25, 0.3) is 11.0 Å². The average Bonchev–Trinajstić information content (AvgIpc) is 3.41. The predicted molar refractivity (Wildman–Crippen MR) is 132 cm³/mol. The van der Waals surface area contributed by atoms with E-state index in [1.54, 1.807) is 7.11 Å². The summed E-state index contributed by atoms with van der Waals surface area (Å²) in [6.45, 7) is 2.36. The number of amides is 1. The van der Waals surface area contributed by atoms with Crippen LogP contribution in [0.5, 0.6) is 11.5 Å². The molecule has 0 saturated carbocycles. The number of hydrogen-bond acceptors (Lipinski definition) is 4. The molecule has 1 aromatic heterocycles. The summed E-state index contributed by atoms with van der Waals surface area (Å²) in [5.74, 6) is 2.71. The fraction of sp³-hybridized carbons (Fsp3) is 0.259. The molecule has 5 rings (SSSR count). The van der Waals surface area contributed by atoms with Crippen molar-refractivity contribution >= 4 is 28.5 Å². The Morgan fingerprint density at radius 3 is 2.50 bits per heavy atom. The summed E-state index contributed by atoms with van der Waals surface area (Å²) in [4.78, 5) is 19.7. The lowest BCUT2D eigenvalue weighted by Gasteiger charge is -2.18. The Balaban J connectivity index is 1.33. The van der Waals surface area contributed by atoms with Crippen LogP contribution in [0.2, 0.25) is 5.02 Å². The van der Waals surface area contributed by atoms with Crippen LogP contribution in [0.1, 0.15) is 23.7 Å². The minimum Gasteiger partial charge on any atom is -0.497 e. The maximum atomic E-state index is 12.9. The van der Waals surface area contributed by atoms with E-state index in [2.05, 4.69) is 10.6 Å². The number of aromatic nitrogens is 2. The number of rotatable bonds is 8. The summed E-state index contributed by atoms with van der Waals surface area (Å²) < 4.78 is 13.4. The third-order valence-electron chi connectivity index (χ3n) is 6.19. The molecule has 0 spiro atoms. The number of imidazole rings is 1. The highest BCUT2D eigenvalue weighted by molar-refractivity contribution is 6.30. The molecule has 7 heteroatoms. The van der Waals surface area contributed by atoms with Crippen molar-refractivity contribution in [2.75, 3.05) is 20.3 Å². The number of likely N-dealkylation sites (tertiary alicyclic amines) is 1. The van der Waals surface area contributed by atoms with Crippen molar-refractivity contribution < 1.29 is 14.3 Å². The fourth-order valence-electron chi connectivity index (χ4n) is 4.48. The lowest BCUT2D eigenvalue weighted by Crippen LogP contribution is -2.24. The first-order chi connectivity index (χ1) is 16.6. The minimum atomic E-state index is 0.0358. The maximum absolute atomic E-state index is 12.9. The molecule has 2 heterocycles. The van der Waals surface area contributed by atoms with Gasteiger partial charge in [0, 0.05) is 30.5 Å². The van der Waals surface area contributed by atoms with Crippen LogP contribution in [0.4, 0.5) is 0 Å². The number of carbonyl (C=O) groups excluding carboxylic acids is 1. The Morgan fingerprint density at radius 1 is 1.00 bits per heavy atom. The number of methoxy groups -OCH3 is 1. The van der Waals surface area contributed by atoms with Crippen molar-refractivity contribution in [3.05, 3.63) is 89.2 Å². The van der Waals surface area contributed by atoms with E-state index in [0.717, 1.165) is 33.9 Å². The molecule has 34 heavy (non-hydrogen) atoms. The van der Waals surface area contributed by atoms with E-state index < -0.39 is 0 Å². The number of benzene rings is 3. The van der Waals surface area contributed by atoms with E-state index in [0.29, 0.717) is 37.7 Å². The largest absolute Gasteiger partial charge is 0.497 e. The molecule has 174 valence electrons. The summed E-state index contributed by atoms with van der Waals surface area (Å²) in [7, 11) is 1.65. The number of halogens is 1. The van der Waals surface area contributed by atoms with Crippen molar-refractivity contribution in [2.24, 2.45) is 0 Å². The molecule has 1 aliphatic heterocycles. The first-order valence-electron chi connectivity index (χ1n) is 11.3. The second-order valence-corrected chi connectivity index (χ2v) is 8.87. The van der Waals surface area contributed by atoms with Gasteiger partial charge in [0.05, 0.1) is 24.7 Å². The number of hydrogen-bond donors (Lipinski definition) is 0. The van der Waals surface area contributed by atoms with Crippen molar-refractivity contribution in [1.82, 2.24) is 14.5 Å². The topological polar surface area (TPSA) is 56.6 Å². The molecule has 3 aromatic carbocycles.